The first-order valence-electron chi connectivity index (χ1n) is 20.4. The average Bonchev–Trinajstić information content (AvgIpc) is 3.64. The zero-order chi connectivity index (χ0) is 44.2. The van der Waals surface area contributed by atoms with E-state index in [-0.39, 0.29) is 17.0 Å². The van der Waals surface area contributed by atoms with Crippen LogP contribution in [-0.2, 0) is 12.4 Å². The molecule has 0 atom stereocenters. The van der Waals surface area contributed by atoms with Gasteiger partial charge in [0, 0.05) is 38.6 Å². The highest BCUT2D eigenvalue weighted by molar-refractivity contribution is 6.12. The Morgan fingerprint density at radius 1 is 0.359 bits per heavy atom. The van der Waals surface area contributed by atoms with Gasteiger partial charge in [-0.25, -0.2) is 15.0 Å². The molecule has 10 rings (SSSR count). The minimum absolute atomic E-state index is 0.172. The number of aryl methyl sites for hydroxylation is 1. The van der Waals surface area contributed by atoms with E-state index in [0.717, 1.165) is 51.7 Å². The van der Waals surface area contributed by atoms with Gasteiger partial charge in [0.15, 0.2) is 17.5 Å². The summed E-state index contributed by atoms with van der Waals surface area (Å²) in [5.41, 5.74) is 5.74. The van der Waals surface area contributed by atoms with Gasteiger partial charge in [-0.15, -0.1) is 0 Å². The summed E-state index contributed by atoms with van der Waals surface area (Å²) in [6.07, 6.45) is -9.39. The standard InChI is InChI=1S/C54H34F6N4/c1-33-13-10-18-36(27-33)37-25-26-48-46(30-37)43-23-8-9-24-47(43)64(48)49-44(38-19-11-21-41(28-38)53(55,56)57)31-40(32-45(49)39-20-12-22-42(29-39)54(58,59)60)52-62-50(34-14-4-2-5-15-34)61-51(63-52)35-16-6-3-7-17-35/h2-32H,1H3. The van der Waals surface area contributed by atoms with Gasteiger partial charge >= 0.3 is 12.4 Å². The molecular weight excluding hydrogens is 819 g/mol. The lowest BCUT2D eigenvalue weighted by Gasteiger charge is -2.22. The van der Waals surface area contributed by atoms with Crippen LogP contribution in [0, 0.1) is 6.92 Å². The van der Waals surface area contributed by atoms with Crippen LogP contribution < -0.4 is 0 Å². The van der Waals surface area contributed by atoms with Crippen LogP contribution in [0.25, 0.3) is 95.0 Å². The van der Waals surface area contributed by atoms with Crippen molar-refractivity contribution in [1.82, 2.24) is 19.5 Å². The van der Waals surface area contributed by atoms with Crippen LogP contribution in [0.15, 0.2) is 188 Å². The number of fused-ring (bicyclic) bond motifs is 3. The first kappa shape index (κ1) is 40.2. The lowest BCUT2D eigenvalue weighted by molar-refractivity contribution is -0.138. The first-order chi connectivity index (χ1) is 30.9. The maximum Gasteiger partial charge on any atom is 0.416 e. The topological polar surface area (TPSA) is 43.6 Å². The highest BCUT2D eigenvalue weighted by Crippen LogP contribution is 2.46. The molecule has 0 amide bonds. The number of halogens is 6. The van der Waals surface area contributed by atoms with Gasteiger partial charge < -0.3 is 4.57 Å². The Kier molecular flexibility index (Phi) is 9.94. The summed E-state index contributed by atoms with van der Waals surface area (Å²) in [7, 11) is 0. The van der Waals surface area contributed by atoms with E-state index in [9.17, 15) is 26.3 Å². The van der Waals surface area contributed by atoms with Crippen LogP contribution in [0.2, 0.25) is 0 Å². The average molecular weight is 853 g/mol. The van der Waals surface area contributed by atoms with Gasteiger partial charge in [-0.3, -0.25) is 0 Å². The number of alkyl halides is 6. The molecule has 0 fully saturated rings. The molecule has 0 unspecified atom stereocenters. The van der Waals surface area contributed by atoms with Crippen molar-refractivity contribution in [3.05, 3.63) is 205 Å². The van der Waals surface area contributed by atoms with E-state index in [1.54, 1.807) is 24.3 Å². The molecule has 64 heavy (non-hydrogen) atoms. The van der Waals surface area contributed by atoms with E-state index in [0.29, 0.717) is 56.2 Å². The molecule has 0 bridgehead atoms. The van der Waals surface area contributed by atoms with Crippen molar-refractivity contribution in [3.63, 3.8) is 0 Å². The minimum Gasteiger partial charge on any atom is -0.308 e. The number of hydrogen-bond acceptors (Lipinski definition) is 3. The highest BCUT2D eigenvalue weighted by atomic mass is 19.4. The molecule has 0 aliphatic carbocycles. The third kappa shape index (κ3) is 7.57. The predicted molar refractivity (Wildman–Crippen MR) is 242 cm³/mol. The van der Waals surface area contributed by atoms with Gasteiger partial charge in [0.05, 0.1) is 27.8 Å². The van der Waals surface area contributed by atoms with Crippen molar-refractivity contribution in [2.24, 2.45) is 0 Å². The number of rotatable bonds is 7. The highest BCUT2D eigenvalue weighted by Gasteiger charge is 2.33. The molecule has 0 saturated carbocycles. The maximum absolute atomic E-state index is 14.6. The molecule has 0 N–H and O–H groups in total. The second kappa shape index (κ2) is 15.8. The van der Waals surface area contributed by atoms with Crippen molar-refractivity contribution < 1.29 is 26.3 Å². The van der Waals surface area contributed by atoms with Crippen molar-refractivity contribution >= 4 is 21.8 Å². The fourth-order valence-electron chi connectivity index (χ4n) is 8.33. The van der Waals surface area contributed by atoms with Gasteiger partial charge in [-0.2, -0.15) is 26.3 Å². The van der Waals surface area contributed by atoms with Gasteiger partial charge in [0.25, 0.3) is 0 Å². The van der Waals surface area contributed by atoms with Crippen molar-refractivity contribution in [2.45, 2.75) is 19.3 Å². The Hall–Kier alpha value is -7.85. The third-order valence-corrected chi connectivity index (χ3v) is 11.3. The molecule has 0 spiro atoms. The molecule has 10 heteroatoms. The number of nitrogens with zero attached hydrogens (tertiary/aromatic N) is 4. The third-order valence-electron chi connectivity index (χ3n) is 11.3. The molecule has 4 nitrogen and oxygen atoms in total. The van der Waals surface area contributed by atoms with Gasteiger partial charge in [-0.1, -0.05) is 139 Å². The fourth-order valence-corrected chi connectivity index (χ4v) is 8.33. The predicted octanol–water partition coefficient (Wildman–Crippen LogP) is 15.3. The maximum atomic E-state index is 14.6. The quantitative estimate of drug-likeness (QED) is 0.150. The fraction of sp³-hybridized carbons (Fsp3) is 0.0556. The Morgan fingerprint density at radius 2 is 0.812 bits per heavy atom. The summed E-state index contributed by atoms with van der Waals surface area (Å²) in [5, 5.41) is 1.69. The van der Waals surface area contributed by atoms with E-state index in [1.165, 1.54) is 12.1 Å². The van der Waals surface area contributed by atoms with E-state index in [1.807, 2.05) is 127 Å². The number of hydrogen-bond donors (Lipinski definition) is 0. The minimum atomic E-state index is -4.69. The number of aromatic nitrogens is 4. The second-order valence-corrected chi connectivity index (χ2v) is 15.6. The zero-order valence-electron chi connectivity index (χ0n) is 34.0. The van der Waals surface area contributed by atoms with Crippen LogP contribution in [0.4, 0.5) is 26.3 Å². The molecule has 2 aromatic heterocycles. The van der Waals surface area contributed by atoms with Gasteiger partial charge in [0.2, 0.25) is 0 Å². The summed E-state index contributed by atoms with van der Waals surface area (Å²) in [5.74, 6) is 0.842. The SMILES string of the molecule is Cc1cccc(-c2ccc3c(c2)c2ccccc2n3-c2c(-c3cccc(C(F)(F)F)c3)cc(-c3nc(-c4ccccc4)nc(-c4ccccc4)n3)cc2-c2cccc(C(F)(F)F)c2)c1. The van der Waals surface area contributed by atoms with Crippen molar-refractivity contribution in [3.8, 4) is 73.2 Å². The number of benzene rings is 8. The van der Waals surface area contributed by atoms with E-state index >= 15 is 0 Å². The summed E-state index contributed by atoms with van der Waals surface area (Å²) in [6, 6.07) is 53.7. The van der Waals surface area contributed by atoms with E-state index in [2.05, 4.69) is 12.1 Å². The molecular formula is C54H34F6N4. The Labute approximate surface area is 363 Å². The van der Waals surface area contributed by atoms with Gasteiger partial charge in [0.1, 0.15) is 0 Å². The molecule has 8 aromatic carbocycles. The Balaban J connectivity index is 1.34. The van der Waals surface area contributed by atoms with Crippen LogP contribution >= 0.6 is 0 Å². The second-order valence-electron chi connectivity index (χ2n) is 15.6. The lowest BCUT2D eigenvalue weighted by Crippen LogP contribution is -2.07. The lowest BCUT2D eigenvalue weighted by atomic mass is 9.91. The summed E-state index contributed by atoms with van der Waals surface area (Å²) < 4.78 is 89.5. The van der Waals surface area contributed by atoms with Crippen molar-refractivity contribution in [2.75, 3.05) is 0 Å². The molecule has 0 aliphatic heterocycles. The summed E-state index contributed by atoms with van der Waals surface area (Å²) in [6.45, 7) is 2.02. The van der Waals surface area contributed by atoms with E-state index < -0.39 is 23.5 Å². The molecule has 0 aliphatic rings. The Morgan fingerprint density at radius 3 is 1.36 bits per heavy atom. The number of para-hydroxylation sites is 1. The molecule has 2 heterocycles. The molecule has 312 valence electrons. The largest absolute Gasteiger partial charge is 0.416 e. The van der Waals surface area contributed by atoms with Crippen LogP contribution in [0.3, 0.4) is 0 Å². The van der Waals surface area contributed by atoms with Crippen LogP contribution in [0.1, 0.15) is 16.7 Å². The van der Waals surface area contributed by atoms with Gasteiger partial charge in [-0.05, 0) is 83.8 Å². The van der Waals surface area contributed by atoms with Crippen LogP contribution in [-0.4, -0.2) is 19.5 Å². The Bertz CT molecular complexity index is 3240. The summed E-state index contributed by atoms with van der Waals surface area (Å²) in [4.78, 5) is 14.7. The summed E-state index contributed by atoms with van der Waals surface area (Å²) >= 11 is 0. The first-order valence-corrected chi connectivity index (χ1v) is 20.4. The van der Waals surface area contributed by atoms with Crippen molar-refractivity contribution in [1.29, 1.82) is 0 Å². The normalized spacial score (nSPS) is 12.0. The molecule has 0 radical (unpaired) electrons. The molecule has 10 aromatic rings. The van der Waals surface area contributed by atoms with E-state index in [4.69, 9.17) is 15.0 Å². The van der Waals surface area contributed by atoms with Crippen LogP contribution in [0.5, 0.6) is 0 Å². The monoisotopic (exact) mass is 852 g/mol. The smallest absolute Gasteiger partial charge is 0.308 e. The molecule has 0 saturated heterocycles. The zero-order valence-corrected chi connectivity index (χ0v) is 34.0.